The van der Waals surface area contributed by atoms with E-state index in [2.05, 4.69) is 36.9 Å². The zero-order valence-electron chi connectivity index (χ0n) is 23.7. The third kappa shape index (κ3) is 10.6. The van der Waals surface area contributed by atoms with Gasteiger partial charge in [0.25, 0.3) is 0 Å². The van der Waals surface area contributed by atoms with Crippen LogP contribution >= 0.6 is 11.8 Å². The third-order valence-corrected chi connectivity index (χ3v) is 7.44. The number of aliphatic hydroxyl groups excluding tert-OH is 1. The SMILES string of the molecule is C=C.C=C/C=C(\C=C)OC(=O)Nc1ccc(-c2nc(N[C@@H](C)CO)cc(C3(SC4CC4)CC3)n2)cc1.CC.O.O.[HH]. The van der Waals surface area contributed by atoms with Crippen LogP contribution < -0.4 is 10.6 Å². The zero-order chi connectivity index (χ0) is 28.1. The van der Waals surface area contributed by atoms with Crippen molar-refractivity contribution in [2.24, 2.45) is 0 Å². The molecule has 0 bridgehead atoms. The Hall–Kier alpha value is -3.44. The normalized spacial score (nSPS) is 15.1. The minimum atomic E-state index is -0.615. The number of hydrogen-bond donors (Lipinski definition) is 3. The number of nitrogens with zero attached hydrogens (tertiary/aromatic N) is 2. The average Bonchev–Trinajstić information content (AvgIpc) is 3.89. The van der Waals surface area contributed by atoms with E-state index >= 15 is 0 Å². The highest BCUT2D eigenvalue weighted by Gasteiger charge is 2.50. The summed E-state index contributed by atoms with van der Waals surface area (Å²) in [4.78, 5) is 21.8. The first-order valence-corrected chi connectivity index (χ1v) is 13.8. The van der Waals surface area contributed by atoms with E-state index in [9.17, 15) is 9.90 Å². The molecule has 0 spiro atoms. The zero-order valence-corrected chi connectivity index (χ0v) is 24.5. The van der Waals surface area contributed by atoms with Crippen LogP contribution in [0.25, 0.3) is 11.4 Å². The van der Waals surface area contributed by atoms with Crippen molar-refractivity contribution in [2.45, 2.75) is 62.5 Å². The van der Waals surface area contributed by atoms with Gasteiger partial charge >= 0.3 is 6.09 Å². The number of amides is 1. The summed E-state index contributed by atoms with van der Waals surface area (Å²) in [6.45, 7) is 19.1. The Morgan fingerprint density at radius 1 is 1.20 bits per heavy atom. The van der Waals surface area contributed by atoms with Crippen LogP contribution in [0.5, 0.6) is 0 Å². The van der Waals surface area contributed by atoms with Crippen LogP contribution in [0.2, 0.25) is 0 Å². The minimum Gasteiger partial charge on any atom is -0.412 e. The van der Waals surface area contributed by atoms with Crippen molar-refractivity contribution >= 4 is 29.4 Å². The Labute approximate surface area is 243 Å². The molecule has 0 saturated heterocycles. The fourth-order valence-corrected chi connectivity index (χ4v) is 5.02. The monoisotopic (exact) mass is 574 g/mol. The molecule has 40 heavy (non-hydrogen) atoms. The Bertz CT molecular complexity index is 1120. The summed E-state index contributed by atoms with van der Waals surface area (Å²) in [6, 6.07) is 9.22. The minimum absolute atomic E-state index is 0. The van der Waals surface area contributed by atoms with E-state index in [1.165, 1.54) is 25.0 Å². The van der Waals surface area contributed by atoms with Gasteiger partial charge in [-0.05, 0) is 69.0 Å². The number of rotatable bonds is 11. The van der Waals surface area contributed by atoms with E-state index < -0.39 is 6.09 Å². The molecule has 9 nitrogen and oxygen atoms in total. The van der Waals surface area contributed by atoms with Crippen molar-refractivity contribution in [1.82, 2.24) is 9.97 Å². The van der Waals surface area contributed by atoms with Crippen LogP contribution in [0.3, 0.4) is 0 Å². The fourth-order valence-electron chi connectivity index (χ4n) is 3.45. The topological polar surface area (TPSA) is 159 Å². The number of anilines is 2. The molecule has 1 aromatic carbocycles. The predicted molar refractivity (Wildman–Crippen MR) is 170 cm³/mol. The first kappa shape index (κ1) is 36.6. The lowest BCUT2D eigenvalue weighted by Gasteiger charge is -2.18. The van der Waals surface area contributed by atoms with Crippen LogP contribution in [-0.2, 0) is 9.48 Å². The Morgan fingerprint density at radius 3 is 2.33 bits per heavy atom. The molecule has 0 aliphatic heterocycles. The maximum absolute atomic E-state index is 12.1. The van der Waals surface area contributed by atoms with Crippen molar-refractivity contribution < 1.29 is 27.0 Å². The molecular weight excluding hydrogens is 528 g/mol. The molecule has 10 heteroatoms. The van der Waals surface area contributed by atoms with E-state index in [0.717, 1.165) is 29.3 Å². The Morgan fingerprint density at radius 2 is 1.82 bits per heavy atom. The van der Waals surface area contributed by atoms with Gasteiger partial charge in [-0.1, -0.05) is 33.1 Å². The van der Waals surface area contributed by atoms with Crippen molar-refractivity contribution in [3.63, 3.8) is 0 Å². The highest BCUT2D eigenvalue weighted by Crippen LogP contribution is 2.61. The maximum Gasteiger partial charge on any atom is 0.417 e. The second kappa shape index (κ2) is 18.0. The summed E-state index contributed by atoms with van der Waals surface area (Å²) in [5, 5.41) is 16.2. The van der Waals surface area contributed by atoms with Gasteiger partial charge in [0.2, 0.25) is 0 Å². The van der Waals surface area contributed by atoms with Crippen molar-refractivity contribution in [3.8, 4) is 11.4 Å². The van der Waals surface area contributed by atoms with Gasteiger partial charge in [-0.2, -0.15) is 0 Å². The summed E-state index contributed by atoms with van der Waals surface area (Å²) < 4.78 is 5.26. The van der Waals surface area contributed by atoms with Gasteiger partial charge in [0.05, 0.1) is 17.0 Å². The summed E-state index contributed by atoms with van der Waals surface area (Å²) in [6.07, 6.45) is 8.71. The van der Waals surface area contributed by atoms with Gasteiger partial charge in [0, 0.05) is 30.0 Å². The van der Waals surface area contributed by atoms with Crippen molar-refractivity contribution in [2.75, 3.05) is 17.2 Å². The molecule has 0 unspecified atom stereocenters. The molecule has 1 atom stereocenters. The summed E-state index contributed by atoms with van der Waals surface area (Å²) in [5.41, 5.74) is 2.46. The number of carbonyl (C=O) groups is 1. The molecule has 4 rings (SSSR count). The van der Waals surface area contributed by atoms with Crippen LogP contribution in [0, 0.1) is 0 Å². The van der Waals surface area contributed by atoms with Gasteiger partial charge in [0.1, 0.15) is 11.6 Å². The fraction of sp³-hybridized carbons (Fsp3) is 0.367. The molecule has 2 aliphatic carbocycles. The first-order chi connectivity index (χ1) is 18.4. The largest absolute Gasteiger partial charge is 0.417 e. The lowest BCUT2D eigenvalue weighted by atomic mass is 10.1. The maximum atomic E-state index is 12.1. The molecule has 2 aromatic rings. The van der Waals surface area contributed by atoms with Gasteiger partial charge < -0.3 is 26.1 Å². The summed E-state index contributed by atoms with van der Waals surface area (Å²) in [5.74, 6) is 1.63. The second-order valence-electron chi connectivity index (χ2n) is 8.60. The summed E-state index contributed by atoms with van der Waals surface area (Å²) >= 11 is 2.04. The second-order valence-corrected chi connectivity index (χ2v) is 10.3. The molecule has 2 saturated carbocycles. The molecule has 2 aliphatic rings. The highest BCUT2D eigenvalue weighted by atomic mass is 32.2. The lowest BCUT2D eigenvalue weighted by Crippen LogP contribution is -2.21. The van der Waals surface area contributed by atoms with E-state index in [-0.39, 0.29) is 29.8 Å². The Kier molecular flexibility index (Phi) is 16.5. The molecule has 7 N–H and O–H groups in total. The van der Waals surface area contributed by atoms with Crippen LogP contribution in [-0.4, -0.2) is 50.0 Å². The molecule has 1 amide bonds. The number of carbonyl (C=O) groups excluding carboxylic acids is 1. The molecule has 2 fully saturated rings. The van der Waals surface area contributed by atoms with E-state index in [4.69, 9.17) is 14.7 Å². The predicted octanol–water partition coefficient (Wildman–Crippen LogP) is 6.05. The molecule has 1 aromatic heterocycles. The number of hydrogen-bond acceptors (Lipinski definition) is 7. The third-order valence-electron chi connectivity index (χ3n) is 5.57. The number of aromatic nitrogens is 2. The van der Waals surface area contributed by atoms with Gasteiger partial charge in [0.15, 0.2) is 5.82 Å². The summed E-state index contributed by atoms with van der Waals surface area (Å²) in [7, 11) is 0. The number of ether oxygens (including phenoxy) is 1. The number of thioether (sulfide) groups is 1. The number of benzene rings is 1. The Balaban J connectivity index is 0. The van der Waals surface area contributed by atoms with Crippen LogP contribution in [0.4, 0.5) is 16.3 Å². The molecule has 0 radical (unpaired) electrons. The van der Waals surface area contributed by atoms with Crippen LogP contribution in [0.1, 0.15) is 53.6 Å². The van der Waals surface area contributed by atoms with Gasteiger partial charge in [-0.25, -0.2) is 14.8 Å². The van der Waals surface area contributed by atoms with E-state index in [1.54, 1.807) is 18.2 Å². The van der Waals surface area contributed by atoms with Gasteiger partial charge in [-0.15, -0.1) is 24.9 Å². The standard InChI is InChI=1S/C26H30N4O3S.C2H6.C2H4.2H2O.H2/c1-4-6-20(5-2)33-25(32)28-19-9-7-18(8-10-19)24-29-22(15-23(30-24)27-17(3)16-31)26(13-14-26)34-21-11-12-21;2*1-2;;;/h4-10,15,17,21,31H,1-2,11-14,16H2,3H3,(H,28,32)(H,27,29,30);1-2H3;1-2H2;2*1H2;1H/b20-6+;;;;;/t17-;;;;;/m0...../s1. The smallest absolute Gasteiger partial charge is 0.412 e. The molecule has 222 valence electrons. The number of allylic oxidation sites excluding steroid dienone is 3. The molecule has 1 heterocycles. The highest BCUT2D eigenvalue weighted by molar-refractivity contribution is 8.01. The van der Waals surface area contributed by atoms with E-state index in [1.807, 2.05) is 50.7 Å². The number of aliphatic hydroxyl groups is 1. The quantitative estimate of drug-likeness (QED) is 0.167. The van der Waals surface area contributed by atoms with E-state index in [0.29, 0.717) is 23.1 Å². The molecular formula is C30H46N4O5S. The number of nitrogens with one attached hydrogen (secondary N) is 2. The lowest BCUT2D eigenvalue weighted by molar-refractivity contribution is 0.195. The van der Waals surface area contributed by atoms with Crippen molar-refractivity contribution in [3.05, 3.63) is 86.3 Å². The van der Waals surface area contributed by atoms with Gasteiger partial charge in [-0.3, -0.25) is 5.32 Å². The van der Waals surface area contributed by atoms with Crippen molar-refractivity contribution in [1.29, 1.82) is 0 Å². The average molecular weight is 575 g/mol. The van der Waals surface area contributed by atoms with Crippen LogP contribution in [0.15, 0.2) is 80.6 Å². The first-order valence-electron chi connectivity index (χ1n) is 12.9.